The molecule has 13 heteroatoms. The number of carbonyl (C=O) groups excluding carboxylic acids is 3. The third-order valence-corrected chi connectivity index (χ3v) is 6.40. The summed E-state index contributed by atoms with van der Waals surface area (Å²) in [5, 5.41) is 9.22. The van der Waals surface area contributed by atoms with E-state index in [0.29, 0.717) is 17.5 Å². The van der Waals surface area contributed by atoms with Crippen LogP contribution in [0.1, 0.15) is 74.0 Å². The molecular formula is C31H41ClN2O10. The Kier molecular flexibility index (Phi) is 17.8. The first-order chi connectivity index (χ1) is 20.7. The van der Waals surface area contributed by atoms with Crippen LogP contribution in [0, 0.1) is 10.1 Å². The van der Waals surface area contributed by atoms with Gasteiger partial charge < -0.3 is 23.8 Å². The zero-order chi connectivity index (χ0) is 31.6. The van der Waals surface area contributed by atoms with Gasteiger partial charge in [-0.3, -0.25) is 9.69 Å². The molecule has 0 saturated carbocycles. The Morgan fingerprint density at radius 3 is 2.39 bits per heavy atom. The number of esters is 3. The molecule has 12 nitrogen and oxygen atoms in total. The van der Waals surface area contributed by atoms with E-state index < -0.39 is 23.1 Å². The molecule has 1 atom stereocenters. The fourth-order valence-electron chi connectivity index (χ4n) is 4.07. The highest BCUT2D eigenvalue weighted by atomic mass is 35.5. The van der Waals surface area contributed by atoms with E-state index in [9.17, 15) is 24.5 Å². The van der Waals surface area contributed by atoms with Gasteiger partial charge in [-0.25, -0.2) is 9.59 Å². The summed E-state index contributed by atoms with van der Waals surface area (Å²) in [5.74, 6) is -1.21. The number of likely N-dealkylation sites (N-methyl/N-ethyl adjacent to an activating group) is 1. The van der Waals surface area contributed by atoms with Gasteiger partial charge in [0.1, 0.15) is 6.10 Å². The molecule has 2 rings (SSSR count). The van der Waals surface area contributed by atoms with Crippen molar-refractivity contribution in [3.63, 3.8) is 0 Å². The maximum atomic E-state index is 13.4. The van der Waals surface area contributed by atoms with Gasteiger partial charge in [-0.2, -0.15) is 0 Å². The summed E-state index contributed by atoms with van der Waals surface area (Å²) < 4.78 is 22.0. The van der Waals surface area contributed by atoms with E-state index in [1.165, 1.54) is 25.3 Å². The van der Waals surface area contributed by atoms with E-state index in [4.69, 9.17) is 18.9 Å². The van der Waals surface area contributed by atoms with Crippen LogP contribution < -0.4 is 9.47 Å². The molecule has 44 heavy (non-hydrogen) atoms. The third kappa shape index (κ3) is 13.0. The Morgan fingerprint density at radius 2 is 1.73 bits per heavy atom. The molecule has 0 radical (unpaired) electrons. The minimum atomic E-state index is -0.911. The van der Waals surface area contributed by atoms with Crippen LogP contribution in [-0.4, -0.2) is 67.9 Å². The highest BCUT2D eigenvalue weighted by Crippen LogP contribution is 2.32. The van der Waals surface area contributed by atoms with Gasteiger partial charge >= 0.3 is 17.9 Å². The number of unbranched alkanes of at least 4 members (excludes halogenated alkanes) is 1. The lowest BCUT2D eigenvalue weighted by Crippen LogP contribution is -2.31. The molecule has 0 aliphatic carbocycles. The van der Waals surface area contributed by atoms with E-state index in [-0.39, 0.29) is 61.6 Å². The van der Waals surface area contributed by atoms with Gasteiger partial charge in [-0.1, -0.05) is 51.5 Å². The average Bonchev–Trinajstić information content (AvgIpc) is 3.00. The summed E-state index contributed by atoms with van der Waals surface area (Å²) in [7, 11) is 1.42. The van der Waals surface area contributed by atoms with E-state index in [0.717, 1.165) is 25.9 Å². The van der Waals surface area contributed by atoms with Crippen molar-refractivity contribution in [3.8, 4) is 11.5 Å². The zero-order valence-electron chi connectivity index (χ0n) is 25.5. The molecule has 2 aromatic rings. The van der Waals surface area contributed by atoms with Gasteiger partial charge in [0, 0.05) is 18.1 Å². The number of ether oxygens (including phenoxy) is 4. The molecule has 0 fully saturated rings. The van der Waals surface area contributed by atoms with Crippen molar-refractivity contribution in [2.45, 2.75) is 52.6 Å². The van der Waals surface area contributed by atoms with E-state index in [1.807, 2.05) is 25.7 Å². The minimum absolute atomic E-state index is 0. The van der Waals surface area contributed by atoms with Crippen molar-refractivity contribution in [2.75, 3.05) is 40.0 Å². The number of nitrogens with zero attached hydrogens (tertiary/aromatic N) is 2. The molecule has 1 unspecified atom stereocenters. The first-order valence-electron chi connectivity index (χ1n) is 14.2. The fourth-order valence-corrected chi connectivity index (χ4v) is 4.07. The van der Waals surface area contributed by atoms with Crippen molar-refractivity contribution >= 4 is 36.4 Å². The second-order valence-electron chi connectivity index (χ2n) is 9.38. The topological polar surface area (TPSA) is 144 Å². The molecule has 0 spiro atoms. The molecule has 0 N–H and O–H groups in total. The van der Waals surface area contributed by atoms with E-state index >= 15 is 0 Å². The molecule has 0 aromatic heterocycles. The lowest BCUT2D eigenvalue weighted by atomic mass is 9.98. The molecule has 2 aromatic carbocycles. The van der Waals surface area contributed by atoms with Crippen LogP contribution >= 0.6 is 12.4 Å². The molecule has 242 valence electrons. The molecule has 0 bridgehead atoms. The minimum Gasteiger partial charge on any atom is -0.493 e. The average molecular weight is 637 g/mol. The van der Waals surface area contributed by atoms with Gasteiger partial charge in [0.2, 0.25) is 0 Å². The summed E-state index contributed by atoms with van der Waals surface area (Å²) in [5.41, 5.74) is 1.41. The van der Waals surface area contributed by atoms with Crippen LogP contribution in [0.5, 0.6) is 11.5 Å². The normalized spacial score (nSPS) is 11.4. The highest BCUT2D eigenvalue weighted by Gasteiger charge is 2.24. The monoisotopic (exact) mass is 636 g/mol. The van der Waals surface area contributed by atoms with Crippen LogP contribution in [0.4, 0.5) is 0 Å². The highest BCUT2D eigenvalue weighted by molar-refractivity contribution is 5.93. The van der Waals surface area contributed by atoms with Crippen LogP contribution in [-0.2, 0) is 23.9 Å². The van der Waals surface area contributed by atoms with Crippen molar-refractivity contribution < 1.29 is 43.3 Å². The molecule has 0 heterocycles. The Morgan fingerprint density at radius 1 is 1.00 bits per heavy atom. The SMILES string of the molecule is CCCCC(OC(=O)CN(CC)CC)c1ccccc1C(=O)Oc1ccc(/C=C/C(=O)OCCCO[N+](=O)[O-])cc1OC.Cl. The van der Waals surface area contributed by atoms with Crippen LogP contribution in [0.3, 0.4) is 0 Å². The Bertz CT molecular complexity index is 1250. The number of carbonyl (C=O) groups is 3. The van der Waals surface area contributed by atoms with Crippen LogP contribution in [0.15, 0.2) is 48.5 Å². The number of benzene rings is 2. The maximum absolute atomic E-state index is 13.4. The molecular weight excluding hydrogens is 596 g/mol. The van der Waals surface area contributed by atoms with Crippen molar-refractivity contribution in [2.24, 2.45) is 0 Å². The van der Waals surface area contributed by atoms with Gasteiger partial charge in [0.05, 0.1) is 32.4 Å². The van der Waals surface area contributed by atoms with Gasteiger partial charge in [-0.05, 0) is 55.8 Å². The lowest BCUT2D eigenvalue weighted by molar-refractivity contribution is -0.757. The zero-order valence-corrected chi connectivity index (χ0v) is 26.3. The number of halogens is 1. The largest absolute Gasteiger partial charge is 0.493 e. The summed E-state index contributed by atoms with van der Waals surface area (Å²) in [6, 6.07) is 11.7. The summed E-state index contributed by atoms with van der Waals surface area (Å²) in [6.45, 7) is 7.39. The fraction of sp³-hybridized carbons (Fsp3) is 0.452. The molecule has 0 amide bonds. The summed E-state index contributed by atoms with van der Waals surface area (Å²) >= 11 is 0. The Balaban J connectivity index is 0.00000968. The number of methoxy groups -OCH3 is 1. The molecule has 0 aliphatic heterocycles. The smallest absolute Gasteiger partial charge is 0.344 e. The third-order valence-electron chi connectivity index (χ3n) is 6.40. The lowest BCUT2D eigenvalue weighted by Gasteiger charge is -2.23. The van der Waals surface area contributed by atoms with Crippen molar-refractivity contribution in [3.05, 3.63) is 75.3 Å². The van der Waals surface area contributed by atoms with Gasteiger partial charge in [-0.15, -0.1) is 22.5 Å². The van der Waals surface area contributed by atoms with Gasteiger partial charge in [0.15, 0.2) is 11.5 Å². The van der Waals surface area contributed by atoms with Crippen molar-refractivity contribution in [1.29, 1.82) is 0 Å². The molecule has 0 saturated heterocycles. The number of rotatable bonds is 19. The predicted octanol–water partition coefficient (Wildman–Crippen LogP) is 5.61. The van der Waals surface area contributed by atoms with E-state index in [1.54, 1.807) is 36.4 Å². The second kappa shape index (κ2) is 20.7. The van der Waals surface area contributed by atoms with Gasteiger partial charge in [0.25, 0.3) is 5.09 Å². The standard InChI is InChI=1S/C31H40N2O10.ClH/c1-5-8-14-26(42-30(35)22-32(6-2)7-3)24-12-9-10-13-25(24)31(36)43-27-17-15-23(21-28(27)39-4)16-18-29(34)40-19-11-20-41-33(37)38;/h9-10,12-13,15-18,21,26H,5-8,11,14,19-20,22H2,1-4H3;1H/b18-16+;. The predicted molar refractivity (Wildman–Crippen MR) is 165 cm³/mol. The maximum Gasteiger partial charge on any atom is 0.344 e. The first kappa shape index (κ1) is 37.9. The quantitative estimate of drug-likeness (QED) is 0.0474. The first-order valence-corrected chi connectivity index (χ1v) is 14.2. The Hall–Kier alpha value is -4.16. The second-order valence-corrected chi connectivity index (χ2v) is 9.38. The Labute approximate surface area is 263 Å². The number of hydrogen-bond donors (Lipinski definition) is 0. The van der Waals surface area contributed by atoms with E-state index in [2.05, 4.69) is 4.84 Å². The summed E-state index contributed by atoms with van der Waals surface area (Å²) in [6.07, 6.45) is 4.51. The molecule has 0 aliphatic rings. The number of hydrogen-bond acceptors (Lipinski definition) is 11. The van der Waals surface area contributed by atoms with Crippen LogP contribution in [0.25, 0.3) is 6.08 Å². The summed E-state index contributed by atoms with van der Waals surface area (Å²) in [4.78, 5) is 54.3. The van der Waals surface area contributed by atoms with Crippen LogP contribution in [0.2, 0.25) is 0 Å². The van der Waals surface area contributed by atoms with Crippen molar-refractivity contribution in [1.82, 2.24) is 4.90 Å².